The van der Waals surface area contributed by atoms with Crippen LogP contribution in [0.1, 0.15) is 146 Å². The molecule has 3 heterocycles. The van der Waals surface area contributed by atoms with E-state index in [4.69, 9.17) is 14.4 Å². The molecule has 0 amide bonds. The number of para-hydroxylation sites is 5. The van der Waals surface area contributed by atoms with Gasteiger partial charge in [-0.3, -0.25) is 9.97 Å². The average molecular weight is 1150 g/mol. The van der Waals surface area contributed by atoms with Crippen LogP contribution in [0.4, 0.5) is 0 Å². The number of hydrogen-bond acceptors (Lipinski definition) is 3. The third-order valence-corrected chi connectivity index (χ3v) is 14.9. The van der Waals surface area contributed by atoms with Crippen molar-refractivity contribution in [1.29, 1.82) is 0 Å². The molecular formula is C68H66IrN4O-2. The molecule has 1 aliphatic rings. The van der Waals surface area contributed by atoms with Crippen LogP contribution in [0.5, 0.6) is 0 Å². The Kier molecular flexibility index (Phi) is 14.4. The van der Waals surface area contributed by atoms with Gasteiger partial charge in [0.25, 0.3) is 0 Å². The maximum absolute atomic E-state index is 9.18. The summed E-state index contributed by atoms with van der Waals surface area (Å²) >= 11 is 0. The SMILES string of the molecule is CC(C)c1cc(-c2ccccc2)cc(C(C)C)c1-n1c(-c2[c-]cccc2)nc2ccccc21.[2H]C1(c2ccc3c(c2)oc2c(-c4nc5ccccc5n4-c4c(C(C)C)cccc4C(C)C)[c-]ccc23)CCCCC1.[Ir]. The zero-order chi connectivity index (χ0) is 51.3. The molecule has 1 radical (unpaired) electrons. The number of imidazole rings is 2. The maximum Gasteiger partial charge on any atom is 0.121 e. The first-order valence-corrected chi connectivity index (χ1v) is 26.6. The van der Waals surface area contributed by atoms with Gasteiger partial charge in [-0.05, 0) is 124 Å². The normalized spacial score (nSPS) is 13.8. The largest absolute Gasteiger partial charge is 0.501 e. The van der Waals surface area contributed by atoms with Crippen molar-refractivity contribution in [2.45, 2.75) is 117 Å². The van der Waals surface area contributed by atoms with Crippen LogP contribution in [0.15, 0.2) is 168 Å². The van der Waals surface area contributed by atoms with Crippen molar-refractivity contribution in [3.63, 3.8) is 0 Å². The zero-order valence-electron chi connectivity index (χ0n) is 45.0. The van der Waals surface area contributed by atoms with Crippen LogP contribution in [0.2, 0.25) is 0 Å². The van der Waals surface area contributed by atoms with Gasteiger partial charge in [-0.2, -0.15) is 0 Å². The van der Waals surface area contributed by atoms with E-state index < -0.39 is 5.89 Å². The van der Waals surface area contributed by atoms with Gasteiger partial charge in [0, 0.05) is 38.2 Å². The molecule has 74 heavy (non-hydrogen) atoms. The summed E-state index contributed by atoms with van der Waals surface area (Å²) in [6.07, 6.45) is 5.29. The van der Waals surface area contributed by atoms with E-state index in [1.807, 2.05) is 18.2 Å². The Morgan fingerprint density at radius 2 is 1.08 bits per heavy atom. The molecule has 1 fully saturated rings. The van der Waals surface area contributed by atoms with Crippen molar-refractivity contribution in [1.82, 2.24) is 19.1 Å². The third-order valence-electron chi connectivity index (χ3n) is 14.9. The van der Waals surface area contributed by atoms with Crippen molar-refractivity contribution < 1.29 is 25.9 Å². The van der Waals surface area contributed by atoms with Gasteiger partial charge in [-0.25, -0.2) is 0 Å². The van der Waals surface area contributed by atoms with Crippen LogP contribution in [0.3, 0.4) is 0 Å². The van der Waals surface area contributed by atoms with E-state index in [9.17, 15) is 1.37 Å². The van der Waals surface area contributed by atoms with Crippen LogP contribution in [0, 0.1) is 12.1 Å². The van der Waals surface area contributed by atoms with Crippen molar-refractivity contribution in [3.05, 3.63) is 204 Å². The zero-order valence-corrected chi connectivity index (χ0v) is 46.4. The van der Waals surface area contributed by atoms with Crippen molar-refractivity contribution in [2.24, 2.45) is 0 Å². The van der Waals surface area contributed by atoms with Gasteiger partial charge in [0.15, 0.2) is 0 Å². The van der Waals surface area contributed by atoms with Crippen LogP contribution in [0.25, 0.3) is 89.3 Å². The van der Waals surface area contributed by atoms with Crippen LogP contribution < -0.4 is 0 Å². The Bertz CT molecular complexity index is 3740. The topological polar surface area (TPSA) is 48.8 Å². The molecule has 5 nitrogen and oxygen atoms in total. The summed E-state index contributed by atoms with van der Waals surface area (Å²) in [5.41, 5.74) is 19.0. The van der Waals surface area contributed by atoms with Gasteiger partial charge in [-0.15, -0.1) is 54.1 Å². The third kappa shape index (κ3) is 9.48. The van der Waals surface area contributed by atoms with Crippen LogP contribution in [-0.2, 0) is 20.1 Å². The fourth-order valence-corrected chi connectivity index (χ4v) is 11.2. The first-order chi connectivity index (χ1) is 35.9. The fraction of sp³-hybridized carbons (Fsp3) is 0.265. The standard InChI is InChI=1S/C37H37N2O.C31H29N2.Ir/c1-23(2)27-14-10-15-28(24(3)4)35(27)39-33-19-9-8-18-32(33)38-37(39)31-17-11-16-30-29-21-20-26(22-34(29)40-36(30)31)25-12-6-5-7-13-25;1-21(2)26-19-25(23-13-7-5-8-14-23)20-27(22(3)4)30(26)33-29-18-12-11-17-28(29)32-31(33)24-15-9-6-10-16-24;/h8-11,14-16,18-25H,5-7,12-13H2,1-4H3;5-15,17-22H,1-4H3;/q2*-1;/i25D;;. The van der Waals surface area contributed by atoms with Crippen molar-refractivity contribution in [2.75, 3.05) is 0 Å². The number of hydrogen-bond donors (Lipinski definition) is 0. The van der Waals surface area contributed by atoms with Crippen molar-refractivity contribution >= 4 is 44.0 Å². The van der Waals surface area contributed by atoms with Gasteiger partial charge in [0.2, 0.25) is 0 Å². The minimum absolute atomic E-state index is 0. The molecule has 0 bridgehead atoms. The maximum atomic E-state index is 9.18. The minimum atomic E-state index is -0.526. The predicted molar refractivity (Wildman–Crippen MR) is 306 cm³/mol. The summed E-state index contributed by atoms with van der Waals surface area (Å²) < 4.78 is 20.6. The number of nitrogens with zero attached hydrogens (tertiary/aromatic N) is 4. The number of benzene rings is 8. The Morgan fingerprint density at radius 3 is 1.69 bits per heavy atom. The summed E-state index contributed by atoms with van der Waals surface area (Å²) in [5, 5.41) is 2.13. The van der Waals surface area contributed by atoms with E-state index in [2.05, 4.69) is 222 Å². The molecule has 8 aromatic carbocycles. The van der Waals surface area contributed by atoms with Gasteiger partial charge in [0.1, 0.15) is 5.58 Å². The summed E-state index contributed by atoms with van der Waals surface area (Å²) in [4.78, 5) is 10.3. The molecule has 0 saturated heterocycles. The van der Waals surface area contributed by atoms with E-state index >= 15 is 0 Å². The first-order valence-electron chi connectivity index (χ1n) is 27.1. The quantitative estimate of drug-likeness (QED) is 0.128. The van der Waals surface area contributed by atoms with E-state index in [1.165, 1.54) is 51.2 Å². The fourth-order valence-electron chi connectivity index (χ4n) is 11.2. The summed E-state index contributed by atoms with van der Waals surface area (Å²) in [6.45, 7) is 18.2. The minimum Gasteiger partial charge on any atom is -0.501 e. The Morgan fingerprint density at radius 1 is 0.514 bits per heavy atom. The second-order valence-corrected chi connectivity index (χ2v) is 21.1. The Balaban J connectivity index is 0.000000173. The summed E-state index contributed by atoms with van der Waals surface area (Å²) in [5.74, 6) is 2.66. The first kappa shape index (κ1) is 49.4. The van der Waals surface area contributed by atoms with Crippen LogP contribution >= 0.6 is 0 Å². The van der Waals surface area contributed by atoms with Gasteiger partial charge >= 0.3 is 0 Å². The molecule has 0 N–H and O–H groups in total. The van der Waals surface area contributed by atoms with Crippen molar-refractivity contribution in [3.8, 4) is 45.3 Å². The molecule has 0 spiro atoms. The molecule has 11 aromatic rings. The van der Waals surface area contributed by atoms with Gasteiger partial charge in [-0.1, -0.05) is 171 Å². The molecule has 375 valence electrons. The molecule has 1 aliphatic carbocycles. The van der Waals surface area contributed by atoms with Gasteiger partial charge < -0.3 is 13.6 Å². The second-order valence-electron chi connectivity index (χ2n) is 21.1. The van der Waals surface area contributed by atoms with Crippen LogP contribution in [-0.4, -0.2) is 19.1 Å². The predicted octanol–water partition coefficient (Wildman–Crippen LogP) is 19.1. The summed E-state index contributed by atoms with van der Waals surface area (Å²) in [6, 6.07) is 64.5. The second kappa shape index (κ2) is 21.5. The Hall–Kier alpha value is -6.85. The summed E-state index contributed by atoms with van der Waals surface area (Å²) in [7, 11) is 0. The smallest absolute Gasteiger partial charge is 0.121 e. The van der Waals surface area contributed by atoms with Gasteiger partial charge in [0.05, 0.1) is 39.3 Å². The number of aromatic nitrogens is 4. The molecule has 3 aromatic heterocycles. The number of rotatable bonds is 10. The average Bonchev–Trinajstić information content (AvgIpc) is 4.14. The van der Waals surface area contributed by atoms with E-state index in [-0.39, 0.29) is 20.1 Å². The number of furan rings is 1. The molecule has 0 unspecified atom stereocenters. The van der Waals surface area contributed by atoms with E-state index in [0.29, 0.717) is 23.7 Å². The molecule has 6 heteroatoms. The van der Waals surface area contributed by atoms with E-state index in [0.717, 1.165) is 98.0 Å². The molecular weight excluding hydrogens is 1080 g/mol. The Labute approximate surface area is 452 Å². The monoisotopic (exact) mass is 1150 g/mol. The molecule has 0 aliphatic heterocycles. The molecule has 12 rings (SSSR count). The molecule has 0 atom stereocenters. The number of fused-ring (bicyclic) bond motifs is 5. The molecule has 1 saturated carbocycles. The van der Waals surface area contributed by atoms with E-state index in [1.54, 1.807) is 0 Å².